The molecule has 1 aromatic heterocycles. The zero-order valence-electron chi connectivity index (χ0n) is 11.6. The van der Waals surface area contributed by atoms with Crippen LogP contribution in [0.5, 0.6) is 0 Å². The second-order valence-electron chi connectivity index (χ2n) is 4.50. The minimum atomic E-state index is -0.106. The van der Waals surface area contributed by atoms with Crippen LogP contribution in [0.1, 0.15) is 17.0 Å². The zero-order chi connectivity index (χ0) is 15.4. The van der Waals surface area contributed by atoms with Gasteiger partial charge in [0.05, 0.1) is 11.4 Å². The lowest BCUT2D eigenvalue weighted by atomic mass is 10.2. The molecule has 1 amide bonds. The molecule has 112 valence electrons. The van der Waals surface area contributed by atoms with E-state index in [1.54, 1.807) is 18.2 Å². The van der Waals surface area contributed by atoms with Gasteiger partial charge in [0.1, 0.15) is 5.76 Å². The normalized spacial score (nSPS) is 10.7. The maximum Gasteiger partial charge on any atom is 0.234 e. The van der Waals surface area contributed by atoms with Crippen molar-refractivity contribution in [2.45, 2.75) is 19.6 Å². The first kappa shape index (κ1) is 16.2. The van der Waals surface area contributed by atoms with Crippen LogP contribution in [0.3, 0.4) is 0 Å². The monoisotopic (exact) mass is 344 g/mol. The molecule has 1 N–H and O–H groups in total. The molecule has 0 bridgehead atoms. The Morgan fingerprint density at radius 3 is 2.52 bits per heavy atom. The summed E-state index contributed by atoms with van der Waals surface area (Å²) in [5.74, 6) is 1.70. The molecule has 2 rings (SSSR count). The SMILES string of the molecule is Cc1noc(C)c1CSCC(=O)Nc1cc(Cl)cc(Cl)c1. The van der Waals surface area contributed by atoms with Crippen LogP contribution < -0.4 is 5.32 Å². The van der Waals surface area contributed by atoms with Crippen LogP contribution in [0.2, 0.25) is 10.0 Å². The lowest BCUT2D eigenvalue weighted by Gasteiger charge is -2.06. The molecule has 1 heterocycles. The van der Waals surface area contributed by atoms with Crippen molar-refractivity contribution >= 4 is 46.6 Å². The van der Waals surface area contributed by atoms with Crippen molar-refractivity contribution < 1.29 is 9.32 Å². The fourth-order valence-electron chi connectivity index (χ4n) is 1.78. The van der Waals surface area contributed by atoms with Crippen molar-refractivity contribution in [2.75, 3.05) is 11.1 Å². The molecule has 1 aromatic carbocycles. The van der Waals surface area contributed by atoms with E-state index in [2.05, 4.69) is 10.5 Å². The number of carbonyl (C=O) groups excluding carboxylic acids is 1. The molecule has 0 aliphatic rings. The fraction of sp³-hybridized carbons (Fsp3) is 0.286. The average Bonchev–Trinajstić information content (AvgIpc) is 2.69. The predicted molar refractivity (Wildman–Crippen MR) is 87.2 cm³/mol. The highest BCUT2D eigenvalue weighted by molar-refractivity contribution is 7.99. The number of nitrogens with zero attached hydrogens (tertiary/aromatic N) is 1. The molecule has 0 aliphatic heterocycles. The van der Waals surface area contributed by atoms with E-state index in [4.69, 9.17) is 27.7 Å². The van der Waals surface area contributed by atoms with Gasteiger partial charge in [0.15, 0.2) is 0 Å². The summed E-state index contributed by atoms with van der Waals surface area (Å²) >= 11 is 13.3. The molecule has 0 spiro atoms. The van der Waals surface area contributed by atoms with Crippen molar-refractivity contribution in [1.29, 1.82) is 0 Å². The summed E-state index contributed by atoms with van der Waals surface area (Å²) in [6.45, 7) is 3.75. The van der Waals surface area contributed by atoms with Crippen molar-refractivity contribution in [1.82, 2.24) is 5.16 Å². The number of rotatable bonds is 5. The van der Waals surface area contributed by atoms with Gasteiger partial charge in [-0.15, -0.1) is 11.8 Å². The minimum Gasteiger partial charge on any atom is -0.361 e. The van der Waals surface area contributed by atoms with Crippen LogP contribution in [-0.2, 0) is 10.5 Å². The summed E-state index contributed by atoms with van der Waals surface area (Å²) in [5.41, 5.74) is 2.50. The summed E-state index contributed by atoms with van der Waals surface area (Å²) in [7, 11) is 0. The smallest absolute Gasteiger partial charge is 0.234 e. The molecule has 0 atom stereocenters. The van der Waals surface area contributed by atoms with E-state index in [9.17, 15) is 4.79 Å². The minimum absolute atomic E-state index is 0.106. The van der Waals surface area contributed by atoms with Crippen LogP contribution in [0.15, 0.2) is 22.7 Å². The van der Waals surface area contributed by atoms with Crippen molar-refractivity contribution in [3.63, 3.8) is 0 Å². The van der Waals surface area contributed by atoms with Crippen molar-refractivity contribution in [3.05, 3.63) is 45.3 Å². The first-order valence-electron chi connectivity index (χ1n) is 6.21. The van der Waals surface area contributed by atoms with Crippen LogP contribution in [0.4, 0.5) is 5.69 Å². The standard InChI is InChI=1S/C14H14Cl2N2O2S/c1-8-13(9(2)20-18-8)6-21-7-14(19)17-12-4-10(15)3-11(16)5-12/h3-5H,6-7H2,1-2H3,(H,17,19). The quantitative estimate of drug-likeness (QED) is 0.869. The highest BCUT2D eigenvalue weighted by Crippen LogP contribution is 2.23. The van der Waals surface area contributed by atoms with Crippen LogP contribution >= 0.6 is 35.0 Å². The molecule has 4 nitrogen and oxygen atoms in total. The van der Waals surface area contributed by atoms with Gasteiger partial charge in [-0.3, -0.25) is 4.79 Å². The van der Waals surface area contributed by atoms with Crippen molar-refractivity contribution in [3.8, 4) is 0 Å². The molecule has 21 heavy (non-hydrogen) atoms. The number of anilines is 1. The van der Waals surface area contributed by atoms with Gasteiger partial charge >= 0.3 is 0 Å². The van der Waals surface area contributed by atoms with Crippen LogP contribution in [0, 0.1) is 13.8 Å². The molecular weight excluding hydrogens is 331 g/mol. The topological polar surface area (TPSA) is 55.1 Å². The number of carbonyl (C=O) groups is 1. The summed E-state index contributed by atoms with van der Waals surface area (Å²) in [6.07, 6.45) is 0. The van der Waals surface area contributed by atoms with E-state index in [-0.39, 0.29) is 5.91 Å². The number of nitrogens with one attached hydrogen (secondary N) is 1. The number of thioether (sulfide) groups is 1. The second kappa shape index (κ2) is 7.20. The van der Waals surface area contributed by atoms with Gasteiger partial charge in [0, 0.05) is 27.0 Å². The Morgan fingerprint density at radius 1 is 1.29 bits per heavy atom. The third-order valence-electron chi connectivity index (χ3n) is 2.81. The Morgan fingerprint density at radius 2 is 1.95 bits per heavy atom. The highest BCUT2D eigenvalue weighted by Gasteiger charge is 2.10. The molecule has 0 saturated carbocycles. The first-order valence-corrected chi connectivity index (χ1v) is 8.12. The van der Waals surface area contributed by atoms with Gasteiger partial charge in [-0.1, -0.05) is 28.4 Å². The fourth-order valence-corrected chi connectivity index (χ4v) is 3.28. The van der Waals surface area contributed by atoms with Gasteiger partial charge in [0.25, 0.3) is 0 Å². The Bertz CT molecular complexity index is 619. The zero-order valence-corrected chi connectivity index (χ0v) is 13.9. The average molecular weight is 345 g/mol. The molecule has 0 saturated heterocycles. The second-order valence-corrected chi connectivity index (χ2v) is 6.36. The summed E-state index contributed by atoms with van der Waals surface area (Å²) in [5, 5.41) is 7.62. The van der Waals surface area contributed by atoms with Gasteiger partial charge in [0.2, 0.25) is 5.91 Å². The number of aryl methyl sites for hydroxylation is 2. The van der Waals surface area contributed by atoms with Crippen molar-refractivity contribution in [2.24, 2.45) is 0 Å². The number of aromatic nitrogens is 1. The highest BCUT2D eigenvalue weighted by atomic mass is 35.5. The van der Waals surface area contributed by atoms with Gasteiger partial charge in [-0.2, -0.15) is 0 Å². The van der Waals surface area contributed by atoms with E-state index >= 15 is 0 Å². The number of hydrogen-bond donors (Lipinski definition) is 1. The van der Waals surface area contributed by atoms with Gasteiger partial charge in [-0.05, 0) is 32.0 Å². The Labute approximate surface area is 137 Å². The third kappa shape index (κ3) is 4.66. The Hall–Kier alpha value is -1.17. The number of hydrogen-bond acceptors (Lipinski definition) is 4. The first-order chi connectivity index (χ1) is 9.95. The molecule has 0 radical (unpaired) electrons. The number of amides is 1. The molecule has 7 heteroatoms. The number of benzene rings is 1. The maximum atomic E-state index is 11.9. The molecule has 2 aromatic rings. The maximum absolute atomic E-state index is 11.9. The molecular formula is C14H14Cl2N2O2S. The van der Waals surface area contributed by atoms with Crippen LogP contribution in [-0.4, -0.2) is 16.8 Å². The lowest BCUT2D eigenvalue weighted by molar-refractivity contribution is -0.113. The molecule has 0 unspecified atom stereocenters. The largest absolute Gasteiger partial charge is 0.361 e. The molecule has 0 aliphatic carbocycles. The van der Waals surface area contributed by atoms with E-state index < -0.39 is 0 Å². The lowest BCUT2D eigenvalue weighted by Crippen LogP contribution is -2.14. The van der Waals surface area contributed by atoms with E-state index in [1.165, 1.54) is 11.8 Å². The summed E-state index contributed by atoms with van der Waals surface area (Å²) in [6, 6.07) is 4.93. The van der Waals surface area contributed by atoms with E-state index in [0.29, 0.717) is 27.2 Å². The van der Waals surface area contributed by atoms with E-state index in [1.807, 2.05) is 13.8 Å². The van der Waals surface area contributed by atoms with Crippen LogP contribution in [0.25, 0.3) is 0 Å². The number of halogens is 2. The third-order valence-corrected chi connectivity index (χ3v) is 4.20. The predicted octanol–water partition coefficient (Wildman–Crippen LogP) is 4.47. The Balaban J connectivity index is 1.85. The van der Waals surface area contributed by atoms with Gasteiger partial charge in [-0.25, -0.2) is 0 Å². The summed E-state index contributed by atoms with van der Waals surface area (Å²) < 4.78 is 5.08. The Kier molecular flexibility index (Phi) is 5.56. The van der Waals surface area contributed by atoms with Gasteiger partial charge < -0.3 is 9.84 Å². The molecule has 0 fully saturated rings. The van der Waals surface area contributed by atoms with E-state index in [0.717, 1.165) is 17.0 Å². The summed E-state index contributed by atoms with van der Waals surface area (Å²) in [4.78, 5) is 11.9.